The summed E-state index contributed by atoms with van der Waals surface area (Å²) in [6.07, 6.45) is 0.565. The monoisotopic (exact) mass is 339 g/mol. The summed E-state index contributed by atoms with van der Waals surface area (Å²) < 4.78 is 19.5. The van der Waals surface area contributed by atoms with E-state index in [1.807, 2.05) is 18.2 Å². The molecule has 0 amide bonds. The minimum Gasteiger partial charge on any atom is -0.463 e. The van der Waals surface area contributed by atoms with Crippen LogP contribution in [0.15, 0.2) is 60.2 Å². The molecule has 130 valence electrons. The van der Waals surface area contributed by atoms with Crippen LogP contribution in [-0.2, 0) is 16.1 Å². The molecule has 0 N–H and O–H groups in total. The van der Waals surface area contributed by atoms with Crippen molar-refractivity contribution < 1.29 is 13.9 Å². The van der Waals surface area contributed by atoms with Crippen molar-refractivity contribution in [2.75, 3.05) is 19.7 Å². The fourth-order valence-electron chi connectivity index (χ4n) is 3.19. The van der Waals surface area contributed by atoms with Gasteiger partial charge in [0.15, 0.2) is 0 Å². The number of halogens is 1. The van der Waals surface area contributed by atoms with Crippen molar-refractivity contribution >= 4 is 11.5 Å². The first-order chi connectivity index (χ1) is 12.2. The van der Waals surface area contributed by atoms with Gasteiger partial charge in [0, 0.05) is 30.8 Å². The van der Waals surface area contributed by atoms with Crippen molar-refractivity contribution in [3.05, 3.63) is 77.1 Å². The van der Waals surface area contributed by atoms with Gasteiger partial charge < -0.3 is 4.74 Å². The average molecular weight is 339 g/mol. The Kier molecular flexibility index (Phi) is 5.61. The van der Waals surface area contributed by atoms with Crippen molar-refractivity contribution in [3.8, 4) is 0 Å². The Morgan fingerprint density at radius 3 is 2.56 bits per heavy atom. The van der Waals surface area contributed by atoms with E-state index in [1.54, 1.807) is 25.1 Å². The molecule has 0 spiro atoms. The zero-order valence-corrected chi connectivity index (χ0v) is 14.4. The summed E-state index contributed by atoms with van der Waals surface area (Å²) in [5.41, 5.74) is 3.02. The van der Waals surface area contributed by atoms with Crippen LogP contribution in [0.25, 0.3) is 5.57 Å². The largest absolute Gasteiger partial charge is 0.463 e. The lowest BCUT2D eigenvalue weighted by Gasteiger charge is -2.30. The van der Waals surface area contributed by atoms with Crippen LogP contribution < -0.4 is 0 Å². The van der Waals surface area contributed by atoms with Crippen LogP contribution in [0, 0.1) is 5.82 Å². The first-order valence-electron chi connectivity index (χ1n) is 8.59. The number of carbonyl (C=O) groups is 1. The van der Waals surface area contributed by atoms with Gasteiger partial charge in [-0.15, -0.1) is 0 Å². The molecule has 0 atom stereocenters. The molecule has 1 heterocycles. The maximum atomic E-state index is 14.3. The minimum absolute atomic E-state index is 0.305. The molecular formula is C21H22FNO2. The Balaban J connectivity index is 1.90. The second-order valence-corrected chi connectivity index (χ2v) is 6.10. The highest BCUT2D eigenvalue weighted by Gasteiger charge is 2.26. The van der Waals surface area contributed by atoms with Gasteiger partial charge in [-0.1, -0.05) is 48.5 Å². The third-order valence-electron chi connectivity index (χ3n) is 4.39. The summed E-state index contributed by atoms with van der Waals surface area (Å²) in [7, 11) is 0. The van der Waals surface area contributed by atoms with Crippen LogP contribution in [-0.4, -0.2) is 30.6 Å². The van der Waals surface area contributed by atoms with E-state index in [0.717, 1.165) is 18.7 Å². The second-order valence-electron chi connectivity index (χ2n) is 6.10. The molecule has 0 saturated carbocycles. The Hall–Kier alpha value is -2.46. The van der Waals surface area contributed by atoms with E-state index in [0.29, 0.717) is 30.7 Å². The molecule has 3 rings (SSSR count). The molecule has 2 aromatic carbocycles. The maximum absolute atomic E-state index is 14.3. The normalized spacial score (nSPS) is 15.3. The summed E-state index contributed by atoms with van der Waals surface area (Å²) in [6, 6.07) is 16.8. The Bertz CT molecular complexity index is 770. The highest BCUT2D eigenvalue weighted by Crippen LogP contribution is 2.30. The topological polar surface area (TPSA) is 29.5 Å². The van der Waals surface area contributed by atoms with E-state index in [2.05, 4.69) is 17.0 Å². The van der Waals surface area contributed by atoms with Crippen LogP contribution >= 0.6 is 0 Å². The lowest BCUT2D eigenvalue weighted by Crippen LogP contribution is -2.33. The van der Waals surface area contributed by atoms with Gasteiger partial charge in [0.25, 0.3) is 0 Å². The van der Waals surface area contributed by atoms with Crippen LogP contribution in [0.1, 0.15) is 24.5 Å². The van der Waals surface area contributed by atoms with Gasteiger partial charge in [0.2, 0.25) is 0 Å². The first kappa shape index (κ1) is 17.4. The molecule has 0 aromatic heterocycles. The molecule has 0 fully saturated rings. The summed E-state index contributed by atoms with van der Waals surface area (Å²) >= 11 is 0. The smallest absolute Gasteiger partial charge is 0.334 e. The molecule has 3 nitrogen and oxygen atoms in total. The number of carbonyl (C=O) groups excluding carboxylic acids is 1. The van der Waals surface area contributed by atoms with Gasteiger partial charge in [-0.2, -0.15) is 0 Å². The summed E-state index contributed by atoms with van der Waals surface area (Å²) in [5.74, 6) is -0.638. The average Bonchev–Trinajstić information content (AvgIpc) is 2.63. The Labute approximate surface area is 147 Å². The molecule has 1 aliphatic heterocycles. The van der Waals surface area contributed by atoms with Crippen molar-refractivity contribution in [3.63, 3.8) is 0 Å². The molecule has 2 aromatic rings. The highest BCUT2D eigenvalue weighted by molar-refractivity contribution is 5.98. The highest BCUT2D eigenvalue weighted by atomic mass is 19.1. The Morgan fingerprint density at radius 1 is 1.12 bits per heavy atom. The van der Waals surface area contributed by atoms with Gasteiger partial charge in [-0.25, -0.2) is 9.18 Å². The van der Waals surface area contributed by atoms with Gasteiger partial charge in [0.05, 0.1) is 6.61 Å². The number of hydrogen-bond donors (Lipinski definition) is 0. The van der Waals surface area contributed by atoms with E-state index in [-0.39, 0.29) is 11.8 Å². The predicted molar refractivity (Wildman–Crippen MR) is 96.3 cm³/mol. The van der Waals surface area contributed by atoms with Crippen molar-refractivity contribution in [1.29, 1.82) is 0 Å². The van der Waals surface area contributed by atoms with Crippen molar-refractivity contribution in [2.45, 2.75) is 19.9 Å². The van der Waals surface area contributed by atoms with Gasteiger partial charge in [0.1, 0.15) is 5.82 Å². The molecule has 0 radical (unpaired) electrons. The summed E-state index contributed by atoms with van der Waals surface area (Å²) in [6.45, 7) is 4.16. The van der Waals surface area contributed by atoms with E-state index in [4.69, 9.17) is 4.74 Å². The van der Waals surface area contributed by atoms with E-state index >= 15 is 0 Å². The van der Waals surface area contributed by atoms with Gasteiger partial charge in [-0.3, -0.25) is 4.90 Å². The molecule has 0 aliphatic carbocycles. The van der Waals surface area contributed by atoms with Crippen molar-refractivity contribution in [1.82, 2.24) is 4.90 Å². The second kappa shape index (κ2) is 8.08. The predicted octanol–water partition coefficient (Wildman–Crippen LogP) is 4.05. The molecule has 0 bridgehead atoms. The zero-order valence-electron chi connectivity index (χ0n) is 14.4. The summed E-state index contributed by atoms with van der Waals surface area (Å²) in [4.78, 5) is 14.6. The van der Waals surface area contributed by atoms with Crippen LogP contribution in [0.5, 0.6) is 0 Å². The number of esters is 1. The number of hydrogen-bond acceptors (Lipinski definition) is 3. The SMILES string of the molecule is CCOC(=O)C1=C(c2ccccc2F)CN(Cc2ccccc2)CC1. The quantitative estimate of drug-likeness (QED) is 0.770. The standard InChI is InChI=1S/C21H22FNO2/c1-2-25-21(24)18-12-13-23(14-16-8-4-3-5-9-16)15-19(18)17-10-6-7-11-20(17)22/h3-11H,2,12-15H2,1H3. The summed E-state index contributed by atoms with van der Waals surface area (Å²) in [5, 5.41) is 0. The third-order valence-corrected chi connectivity index (χ3v) is 4.39. The van der Waals surface area contributed by atoms with E-state index < -0.39 is 0 Å². The number of ether oxygens (including phenoxy) is 1. The van der Waals surface area contributed by atoms with Crippen LogP contribution in [0.3, 0.4) is 0 Å². The molecular weight excluding hydrogens is 317 g/mol. The fourth-order valence-corrected chi connectivity index (χ4v) is 3.19. The van der Waals surface area contributed by atoms with Crippen molar-refractivity contribution in [2.24, 2.45) is 0 Å². The number of rotatable bonds is 5. The number of nitrogens with zero attached hydrogens (tertiary/aromatic N) is 1. The molecule has 25 heavy (non-hydrogen) atoms. The zero-order chi connectivity index (χ0) is 17.6. The number of benzene rings is 2. The lowest BCUT2D eigenvalue weighted by atomic mass is 9.93. The molecule has 4 heteroatoms. The van der Waals surface area contributed by atoms with Gasteiger partial charge in [-0.05, 0) is 30.5 Å². The van der Waals surface area contributed by atoms with E-state index in [9.17, 15) is 9.18 Å². The first-order valence-corrected chi connectivity index (χ1v) is 8.59. The van der Waals surface area contributed by atoms with Crippen LogP contribution in [0.2, 0.25) is 0 Å². The van der Waals surface area contributed by atoms with Crippen LogP contribution in [0.4, 0.5) is 4.39 Å². The molecule has 0 unspecified atom stereocenters. The molecule has 0 saturated heterocycles. The van der Waals surface area contributed by atoms with Gasteiger partial charge >= 0.3 is 5.97 Å². The van der Waals surface area contributed by atoms with E-state index in [1.165, 1.54) is 11.6 Å². The maximum Gasteiger partial charge on any atom is 0.334 e. The Morgan fingerprint density at radius 2 is 1.84 bits per heavy atom. The molecule has 1 aliphatic rings. The fraction of sp³-hybridized carbons (Fsp3) is 0.286. The third kappa shape index (κ3) is 4.15. The lowest BCUT2D eigenvalue weighted by molar-refractivity contribution is -0.138. The minimum atomic E-state index is -0.333.